The Morgan fingerprint density at radius 3 is 1.12 bits per heavy atom. The summed E-state index contributed by atoms with van der Waals surface area (Å²) in [6.07, 6.45) is 9.62. The average Bonchev–Trinajstić information content (AvgIpc) is 2.31. The molecule has 0 aromatic heterocycles. The number of unbranched alkanes of at least 4 members (excludes halogenated alkanes) is 3. The summed E-state index contributed by atoms with van der Waals surface area (Å²) in [5, 5.41) is 0. The van der Waals surface area contributed by atoms with Crippen molar-refractivity contribution in [3.05, 3.63) is 0 Å². The van der Waals surface area contributed by atoms with Gasteiger partial charge in [0, 0.05) is 0 Å². The van der Waals surface area contributed by atoms with Gasteiger partial charge in [-0.05, 0) is 25.7 Å². The van der Waals surface area contributed by atoms with E-state index in [1.54, 1.807) is 0 Å². The number of rotatable bonds is 11. The molecule has 0 fully saturated rings. The van der Waals surface area contributed by atoms with Crippen LogP contribution in [-0.2, 0) is 0 Å². The Balaban J connectivity index is 0. The van der Waals surface area contributed by atoms with E-state index < -0.39 is 0 Å². The lowest BCUT2D eigenvalue weighted by Crippen LogP contribution is -3.00. The summed E-state index contributed by atoms with van der Waals surface area (Å²) in [6, 6.07) is 0. The number of halogens is 1. The number of quaternary nitrogens is 1. The van der Waals surface area contributed by atoms with Gasteiger partial charge in [0.2, 0.25) is 0 Å². The summed E-state index contributed by atoms with van der Waals surface area (Å²) in [5.41, 5.74) is 0. The fourth-order valence-electron chi connectivity index (χ4n) is 2.63. The Labute approximate surface area is 127 Å². The summed E-state index contributed by atoms with van der Waals surface area (Å²) in [5.74, 6) is 0. The molecular weight excluding hydrogens is 321 g/mol. The van der Waals surface area contributed by atoms with Crippen molar-refractivity contribution < 1.29 is 28.5 Å². The first-order chi connectivity index (χ1) is 7.74. The third kappa shape index (κ3) is 9.29. The molecule has 17 heavy (non-hydrogen) atoms. The van der Waals surface area contributed by atoms with E-state index in [4.69, 9.17) is 0 Å². The molecular formula is C15H34IN. The molecule has 0 amide bonds. The van der Waals surface area contributed by atoms with E-state index in [1.165, 1.54) is 75.6 Å². The molecule has 0 atom stereocenters. The van der Waals surface area contributed by atoms with Gasteiger partial charge in [0.25, 0.3) is 0 Å². The van der Waals surface area contributed by atoms with Gasteiger partial charge >= 0.3 is 0 Å². The van der Waals surface area contributed by atoms with Crippen LogP contribution < -0.4 is 24.0 Å². The van der Waals surface area contributed by atoms with E-state index in [9.17, 15) is 0 Å². The second-order valence-corrected chi connectivity index (χ2v) is 5.30. The van der Waals surface area contributed by atoms with E-state index in [1.807, 2.05) is 0 Å². The van der Waals surface area contributed by atoms with Crippen LogP contribution in [0.3, 0.4) is 0 Å². The molecule has 0 aromatic rings. The molecule has 1 nitrogen and oxygen atoms in total. The van der Waals surface area contributed by atoms with Gasteiger partial charge in [0.15, 0.2) is 0 Å². The van der Waals surface area contributed by atoms with Crippen molar-refractivity contribution in [3.8, 4) is 0 Å². The summed E-state index contributed by atoms with van der Waals surface area (Å²) in [7, 11) is 0. The summed E-state index contributed by atoms with van der Waals surface area (Å²) in [4.78, 5) is 0. The molecule has 0 heterocycles. The first kappa shape index (κ1) is 20.0. The molecule has 0 rings (SSSR count). The van der Waals surface area contributed by atoms with Crippen LogP contribution in [-0.4, -0.2) is 30.7 Å². The van der Waals surface area contributed by atoms with Crippen molar-refractivity contribution in [1.82, 2.24) is 0 Å². The molecule has 0 aliphatic heterocycles. The highest BCUT2D eigenvalue weighted by molar-refractivity contribution is 4.48. The molecule has 2 heteroatoms. The predicted octanol–water partition coefficient (Wildman–Crippen LogP) is 1.62. The van der Waals surface area contributed by atoms with Gasteiger partial charge in [-0.2, -0.15) is 0 Å². The molecule has 0 bridgehead atoms. The fourth-order valence-corrected chi connectivity index (χ4v) is 2.63. The minimum Gasteiger partial charge on any atom is -1.00 e. The first-order valence-corrected chi connectivity index (χ1v) is 7.59. The van der Waals surface area contributed by atoms with Gasteiger partial charge < -0.3 is 28.5 Å². The first-order valence-electron chi connectivity index (χ1n) is 7.59. The zero-order valence-corrected chi connectivity index (χ0v) is 14.8. The van der Waals surface area contributed by atoms with Gasteiger partial charge in [-0.25, -0.2) is 0 Å². The van der Waals surface area contributed by atoms with Crippen LogP contribution in [0.25, 0.3) is 0 Å². The molecule has 0 aliphatic carbocycles. The third-order valence-corrected chi connectivity index (χ3v) is 3.66. The largest absolute Gasteiger partial charge is 1.00 e. The van der Waals surface area contributed by atoms with Crippen molar-refractivity contribution in [2.45, 2.75) is 72.6 Å². The van der Waals surface area contributed by atoms with Gasteiger partial charge in [0.1, 0.15) is 0 Å². The predicted molar refractivity (Wildman–Crippen MR) is 74.7 cm³/mol. The van der Waals surface area contributed by atoms with Crippen molar-refractivity contribution in [2.24, 2.45) is 0 Å². The average molecular weight is 355 g/mol. The molecule has 0 radical (unpaired) electrons. The quantitative estimate of drug-likeness (QED) is 0.390. The number of hydrogen-bond acceptors (Lipinski definition) is 0. The van der Waals surface area contributed by atoms with Crippen LogP contribution in [0.2, 0.25) is 0 Å². The zero-order valence-electron chi connectivity index (χ0n) is 12.6. The van der Waals surface area contributed by atoms with Crippen molar-refractivity contribution in [3.63, 3.8) is 0 Å². The Morgan fingerprint density at radius 2 is 0.882 bits per heavy atom. The van der Waals surface area contributed by atoms with E-state index >= 15 is 0 Å². The number of hydrogen-bond donors (Lipinski definition) is 0. The van der Waals surface area contributed by atoms with E-state index in [0.29, 0.717) is 0 Å². The minimum absolute atomic E-state index is 0. The summed E-state index contributed by atoms with van der Waals surface area (Å²) in [6.45, 7) is 15.0. The van der Waals surface area contributed by atoms with Crippen LogP contribution >= 0.6 is 0 Å². The standard InChI is InChI=1S/C15H34N.HI/c1-5-9-13-16(12-8-4,14-10-6-2)15-11-7-3;/h5-15H2,1-4H3;1H/q+1;/p-1. The Bertz CT molecular complexity index is 126. The number of nitrogens with zero attached hydrogens (tertiary/aromatic N) is 1. The second kappa shape index (κ2) is 13.1. The highest BCUT2D eigenvalue weighted by Crippen LogP contribution is 2.15. The van der Waals surface area contributed by atoms with Gasteiger partial charge in [-0.3, -0.25) is 0 Å². The summed E-state index contributed by atoms with van der Waals surface area (Å²) < 4.78 is 1.41. The van der Waals surface area contributed by atoms with Crippen LogP contribution in [0, 0.1) is 0 Å². The Kier molecular flexibility index (Phi) is 15.5. The Morgan fingerprint density at radius 1 is 0.529 bits per heavy atom. The smallest absolute Gasteiger partial charge is 0.0786 e. The van der Waals surface area contributed by atoms with E-state index in [2.05, 4.69) is 27.7 Å². The maximum atomic E-state index is 2.34. The maximum absolute atomic E-state index is 2.34. The molecule has 0 aromatic carbocycles. The van der Waals surface area contributed by atoms with Crippen molar-refractivity contribution >= 4 is 0 Å². The normalized spacial score (nSPS) is 11.3. The van der Waals surface area contributed by atoms with Crippen LogP contribution in [0.5, 0.6) is 0 Å². The van der Waals surface area contributed by atoms with Gasteiger partial charge in [0.05, 0.1) is 26.2 Å². The fraction of sp³-hybridized carbons (Fsp3) is 1.00. The molecule has 0 unspecified atom stereocenters. The summed E-state index contributed by atoms with van der Waals surface area (Å²) >= 11 is 0. The highest BCUT2D eigenvalue weighted by Gasteiger charge is 2.24. The molecule has 0 aliphatic rings. The minimum atomic E-state index is 0. The van der Waals surface area contributed by atoms with Crippen LogP contribution in [0.4, 0.5) is 0 Å². The van der Waals surface area contributed by atoms with E-state index in [0.717, 1.165) is 0 Å². The highest BCUT2D eigenvalue weighted by atomic mass is 127. The lowest BCUT2D eigenvalue weighted by molar-refractivity contribution is -0.928. The maximum Gasteiger partial charge on any atom is 0.0786 e. The molecule has 106 valence electrons. The van der Waals surface area contributed by atoms with E-state index in [-0.39, 0.29) is 24.0 Å². The topological polar surface area (TPSA) is 0 Å². The zero-order chi connectivity index (χ0) is 12.3. The Hall–Kier alpha value is 0.690. The lowest BCUT2D eigenvalue weighted by Gasteiger charge is -2.39. The molecule has 0 spiro atoms. The third-order valence-electron chi connectivity index (χ3n) is 3.66. The molecule has 0 saturated carbocycles. The van der Waals surface area contributed by atoms with Gasteiger partial charge in [-0.15, -0.1) is 0 Å². The van der Waals surface area contributed by atoms with Gasteiger partial charge in [-0.1, -0.05) is 47.0 Å². The van der Waals surface area contributed by atoms with Crippen molar-refractivity contribution in [1.29, 1.82) is 0 Å². The SMILES string of the molecule is CCCC[N+](CCC)(CCCC)CCCC.[I-]. The van der Waals surface area contributed by atoms with Crippen molar-refractivity contribution in [2.75, 3.05) is 26.2 Å². The second-order valence-electron chi connectivity index (χ2n) is 5.30. The van der Waals surface area contributed by atoms with Crippen LogP contribution in [0.1, 0.15) is 72.6 Å². The monoisotopic (exact) mass is 355 g/mol. The van der Waals surface area contributed by atoms with Crippen LogP contribution in [0.15, 0.2) is 0 Å². The molecule has 0 N–H and O–H groups in total. The lowest BCUT2D eigenvalue weighted by atomic mass is 10.1. The molecule has 0 saturated heterocycles.